The van der Waals surface area contributed by atoms with Crippen LogP contribution in [-0.2, 0) is 15.0 Å². The van der Waals surface area contributed by atoms with Gasteiger partial charge in [0.15, 0.2) is 5.13 Å². The van der Waals surface area contributed by atoms with Crippen molar-refractivity contribution in [1.82, 2.24) is 9.97 Å². The number of Topliss-reactive ketones (excluding diaryl/α,β-unsaturated/α-hetero) is 1. The zero-order valence-corrected chi connectivity index (χ0v) is 23.2. The molecule has 9 heteroatoms. The summed E-state index contributed by atoms with van der Waals surface area (Å²) in [5.74, 6) is -0.816. The van der Waals surface area contributed by atoms with E-state index in [9.17, 15) is 14.7 Å². The van der Waals surface area contributed by atoms with Crippen LogP contribution in [0.5, 0.6) is 11.5 Å². The number of ether oxygens (including phenoxy) is 2. The quantitative estimate of drug-likeness (QED) is 0.180. The molecule has 39 heavy (non-hydrogen) atoms. The van der Waals surface area contributed by atoms with Gasteiger partial charge in [-0.25, -0.2) is 4.98 Å². The number of ketones is 1. The van der Waals surface area contributed by atoms with Crippen LogP contribution >= 0.6 is 11.3 Å². The van der Waals surface area contributed by atoms with Gasteiger partial charge in [0, 0.05) is 12.4 Å². The van der Waals surface area contributed by atoms with Gasteiger partial charge < -0.3 is 14.6 Å². The highest BCUT2D eigenvalue weighted by molar-refractivity contribution is 7.22. The Hall–Kier alpha value is -4.24. The number of thiazole rings is 1. The van der Waals surface area contributed by atoms with E-state index in [4.69, 9.17) is 9.47 Å². The van der Waals surface area contributed by atoms with E-state index in [1.54, 1.807) is 36.7 Å². The lowest BCUT2D eigenvalue weighted by Crippen LogP contribution is -2.29. The van der Waals surface area contributed by atoms with Crippen LogP contribution in [0.3, 0.4) is 0 Å². The first-order valence-electron chi connectivity index (χ1n) is 12.6. The van der Waals surface area contributed by atoms with Gasteiger partial charge in [0.25, 0.3) is 5.78 Å². The fourth-order valence-corrected chi connectivity index (χ4v) is 5.66. The molecule has 1 N–H and O–H groups in total. The van der Waals surface area contributed by atoms with Crippen LogP contribution in [0.15, 0.2) is 66.5 Å². The molecular weight excluding hydrogens is 514 g/mol. The number of nitrogens with zero attached hydrogens (tertiary/aromatic N) is 3. The van der Waals surface area contributed by atoms with Gasteiger partial charge in [-0.05, 0) is 59.9 Å². The molecule has 8 nitrogen and oxygen atoms in total. The van der Waals surface area contributed by atoms with E-state index < -0.39 is 17.7 Å². The Morgan fingerprint density at radius 1 is 1.13 bits per heavy atom. The second kappa shape index (κ2) is 10.1. The molecule has 0 radical (unpaired) electrons. The molecule has 0 bridgehead atoms. The highest BCUT2D eigenvalue weighted by Crippen LogP contribution is 2.45. The lowest BCUT2D eigenvalue weighted by Gasteiger charge is -2.24. The van der Waals surface area contributed by atoms with Gasteiger partial charge in [-0.3, -0.25) is 19.5 Å². The molecule has 1 aliphatic rings. The minimum Gasteiger partial charge on any atom is -0.507 e. The SMILES string of the molecule is CCOc1ccc2nc(N3C(=O)C(=O)/C(=C(/O)c4cc(C(C)(C)C)ccc4OC)C3c3cccnc3)sc2c1. The minimum atomic E-state index is -0.936. The molecule has 1 unspecified atom stereocenters. The smallest absolute Gasteiger partial charge is 0.301 e. The van der Waals surface area contributed by atoms with Crippen LogP contribution in [0, 0.1) is 0 Å². The monoisotopic (exact) mass is 543 g/mol. The van der Waals surface area contributed by atoms with E-state index in [0.29, 0.717) is 39.9 Å². The Kier molecular flexibility index (Phi) is 6.86. The Morgan fingerprint density at radius 2 is 1.92 bits per heavy atom. The average molecular weight is 544 g/mol. The van der Waals surface area contributed by atoms with E-state index in [-0.39, 0.29) is 16.7 Å². The zero-order chi connectivity index (χ0) is 27.9. The molecule has 1 amide bonds. The summed E-state index contributed by atoms with van der Waals surface area (Å²) in [7, 11) is 1.50. The van der Waals surface area contributed by atoms with Gasteiger partial charge in [-0.1, -0.05) is 44.2 Å². The predicted octanol–water partition coefficient (Wildman–Crippen LogP) is 6.02. The fraction of sp³-hybridized carbons (Fsp3) is 0.267. The Morgan fingerprint density at radius 3 is 2.59 bits per heavy atom. The second-order valence-electron chi connectivity index (χ2n) is 10.2. The summed E-state index contributed by atoms with van der Waals surface area (Å²) in [4.78, 5) is 37.4. The van der Waals surface area contributed by atoms with Crippen molar-refractivity contribution in [2.45, 2.75) is 39.2 Å². The fourth-order valence-electron chi connectivity index (χ4n) is 4.64. The van der Waals surface area contributed by atoms with Crippen molar-refractivity contribution in [3.63, 3.8) is 0 Å². The van der Waals surface area contributed by atoms with Gasteiger partial charge in [0.1, 0.15) is 17.3 Å². The number of hydrogen-bond acceptors (Lipinski definition) is 8. The number of aliphatic hydroxyl groups is 1. The molecule has 3 heterocycles. The van der Waals surface area contributed by atoms with Crippen LogP contribution in [0.2, 0.25) is 0 Å². The molecule has 0 aliphatic carbocycles. The van der Waals surface area contributed by atoms with Crippen molar-refractivity contribution in [2.24, 2.45) is 0 Å². The van der Waals surface area contributed by atoms with Gasteiger partial charge in [-0.15, -0.1) is 0 Å². The van der Waals surface area contributed by atoms with E-state index in [1.807, 2.05) is 31.2 Å². The minimum absolute atomic E-state index is 0.0494. The Balaban J connectivity index is 1.72. The number of rotatable bonds is 6. The number of anilines is 1. The molecule has 2 aromatic heterocycles. The van der Waals surface area contributed by atoms with Crippen molar-refractivity contribution < 1.29 is 24.2 Å². The topological polar surface area (TPSA) is 102 Å². The summed E-state index contributed by atoms with van der Waals surface area (Å²) < 4.78 is 12.0. The van der Waals surface area contributed by atoms with Crippen LogP contribution in [0.25, 0.3) is 16.0 Å². The number of methoxy groups -OCH3 is 1. The molecule has 200 valence electrons. The maximum absolute atomic E-state index is 13.6. The Labute approximate surface area is 230 Å². The maximum atomic E-state index is 13.6. The molecule has 1 saturated heterocycles. The zero-order valence-electron chi connectivity index (χ0n) is 22.4. The van der Waals surface area contributed by atoms with Crippen LogP contribution in [0.1, 0.15) is 50.4 Å². The number of benzene rings is 2. The van der Waals surface area contributed by atoms with Crippen LogP contribution in [0.4, 0.5) is 5.13 Å². The number of hydrogen-bond donors (Lipinski definition) is 1. The van der Waals surface area contributed by atoms with Crippen LogP contribution < -0.4 is 14.4 Å². The third kappa shape index (κ3) is 4.74. The number of carbonyl (C=O) groups is 2. The summed E-state index contributed by atoms with van der Waals surface area (Å²) in [6.45, 7) is 8.58. The highest BCUT2D eigenvalue weighted by Gasteiger charge is 2.48. The predicted molar refractivity (Wildman–Crippen MR) is 152 cm³/mol. The van der Waals surface area contributed by atoms with E-state index >= 15 is 0 Å². The molecule has 0 spiro atoms. The second-order valence-corrected chi connectivity index (χ2v) is 11.2. The highest BCUT2D eigenvalue weighted by atomic mass is 32.1. The standard InChI is InChI=1S/C30H29N3O5S/c1-6-38-19-10-11-21-23(15-19)39-29(32-21)33-25(17-8-7-13-31-16-17)24(27(35)28(33)36)26(34)20-14-18(30(2,3)4)9-12-22(20)37-5/h7-16,25,34H,6H2,1-5H3/b26-24+. The van der Waals surface area contributed by atoms with E-state index in [1.165, 1.54) is 23.3 Å². The first-order chi connectivity index (χ1) is 18.6. The van der Waals surface area contributed by atoms with Crippen molar-refractivity contribution in [1.29, 1.82) is 0 Å². The number of carbonyl (C=O) groups excluding carboxylic acids is 2. The first-order valence-corrected chi connectivity index (χ1v) is 13.4. The van der Waals surface area contributed by atoms with Crippen molar-refractivity contribution in [3.8, 4) is 11.5 Å². The molecule has 2 aromatic carbocycles. The largest absolute Gasteiger partial charge is 0.507 e. The van der Waals surface area contributed by atoms with Gasteiger partial charge in [-0.2, -0.15) is 0 Å². The Bertz CT molecular complexity index is 1600. The summed E-state index contributed by atoms with van der Waals surface area (Å²) in [5, 5.41) is 12.0. The normalized spacial score (nSPS) is 17.2. The van der Waals surface area contributed by atoms with Crippen LogP contribution in [-0.4, -0.2) is 40.5 Å². The molecule has 1 fully saturated rings. The average Bonchev–Trinajstić information content (AvgIpc) is 3.45. The summed E-state index contributed by atoms with van der Waals surface area (Å²) in [5.41, 5.74) is 2.24. The number of fused-ring (bicyclic) bond motifs is 1. The first kappa shape index (κ1) is 26.4. The molecular formula is C30H29N3O5S. The van der Waals surface area contributed by atoms with Gasteiger partial charge in [0.05, 0.1) is 41.1 Å². The lowest BCUT2D eigenvalue weighted by atomic mass is 9.85. The van der Waals surface area contributed by atoms with Crippen molar-refractivity contribution in [3.05, 3.63) is 83.2 Å². The molecule has 1 aliphatic heterocycles. The van der Waals surface area contributed by atoms with E-state index in [0.717, 1.165) is 10.3 Å². The number of pyridine rings is 1. The van der Waals surface area contributed by atoms with Crippen molar-refractivity contribution in [2.75, 3.05) is 18.6 Å². The summed E-state index contributed by atoms with van der Waals surface area (Å²) in [6, 6.07) is 13.5. The lowest BCUT2D eigenvalue weighted by molar-refractivity contribution is -0.132. The third-order valence-corrected chi connectivity index (χ3v) is 7.65. The maximum Gasteiger partial charge on any atom is 0.301 e. The van der Waals surface area contributed by atoms with Gasteiger partial charge >= 0.3 is 5.91 Å². The number of aliphatic hydroxyl groups excluding tert-OH is 1. The van der Waals surface area contributed by atoms with E-state index in [2.05, 4.69) is 30.7 Å². The number of amides is 1. The molecule has 0 saturated carbocycles. The number of aromatic nitrogens is 2. The van der Waals surface area contributed by atoms with Crippen molar-refractivity contribution >= 4 is 44.1 Å². The molecule has 5 rings (SSSR count). The summed E-state index contributed by atoms with van der Waals surface area (Å²) in [6.07, 6.45) is 3.19. The molecule has 4 aromatic rings. The van der Waals surface area contributed by atoms with Gasteiger partial charge in [0.2, 0.25) is 0 Å². The third-order valence-electron chi connectivity index (χ3n) is 6.63. The summed E-state index contributed by atoms with van der Waals surface area (Å²) >= 11 is 1.27. The molecule has 1 atom stereocenters.